The summed E-state index contributed by atoms with van der Waals surface area (Å²) in [6.07, 6.45) is 10.1. The minimum absolute atomic E-state index is 0.0576. The Bertz CT molecular complexity index is 536. The first-order valence-corrected chi connectivity index (χ1v) is 10.3. The zero-order valence-electron chi connectivity index (χ0n) is 19.8. The molecule has 0 aliphatic heterocycles. The average Bonchev–Trinajstić information content (AvgIpc) is 2.69. The predicted octanol–water partition coefficient (Wildman–Crippen LogP) is 7.73. The van der Waals surface area contributed by atoms with Gasteiger partial charge in [-0.3, -0.25) is 4.79 Å². The lowest BCUT2D eigenvalue weighted by Crippen LogP contribution is -2.17. The smallest absolute Gasteiger partial charge is 0.308 e. The summed E-state index contributed by atoms with van der Waals surface area (Å²) in [5.74, 6) is 0.908. The maximum Gasteiger partial charge on any atom is 0.308 e. The van der Waals surface area contributed by atoms with Gasteiger partial charge in [0, 0.05) is 0 Å². The number of methoxy groups -OCH3 is 1. The number of ether oxygens (including phenoxy) is 1. The number of carbonyl (C=O) groups is 1. The van der Waals surface area contributed by atoms with E-state index in [1.165, 1.54) is 7.11 Å². The predicted molar refractivity (Wildman–Crippen MR) is 124 cm³/mol. The topological polar surface area (TPSA) is 46.5 Å². The molecule has 0 fully saturated rings. The van der Waals surface area contributed by atoms with Crippen LogP contribution in [0.1, 0.15) is 74.7 Å². The van der Waals surface area contributed by atoms with Crippen LogP contribution < -0.4 is 0 Å². The van der Waals surface area contributed by atoms with Crippen molar-refractivity contribution < 1.29 is 14.6 Å². The molecule has 2 atom stereocenters. The minimum Gasteiger partial charge on any atom is -0.508 e. The van der Waals surface area contributed by atoms with E-state index in [0.717, 1.165) is 36.0 Å². The van der Waals surface area contributed by atoms with Gasteiger partial charge in [-0.2, -0.15) is 0 Å². The highest BCUT2D eigenvalue weighted by atomic mass is 16.5. The van der Waals surface area contributed by atoms with Gasteiger partial charge < -0.3 is 9.84 Å². The summed E-state index contributed by atoms with van der Waals surface area (Å²) in [6, 6.07) is 0. The Morgan fingerprint density at radius 3 is 1.96 bits per heavy atom. The van der Waals surface area contributed by atoms with E-state index >= 15 is 0 Å². The number of hydrogen-bond acceptors (Lipinski definition) is 3. The van der Waals surface area contributed by atoms with E-state index in [1.807, 2.05) is 46.8 Å². The van der Waals surface area contributed by atoms with E-state index in [9.17, 15) is 9.90 Å². The van der Waals surface area contributed by atoms with Crippen LogP contribution in [-0.2, 0) is 9.53 Å². The molecular weight excluding hydrogens is 348 g/mol. The Hall–Kier alpha value is -2.03. The number of esters is 1. The normalized spacial score (nSPS) is 13.5. The van der Waals surface area contributed by atoms with Gasteiger partial charge in [-0.05, 0) is 57.3 Å². The molecule has 0 amide bonds. The molecule has 0 aromatic carbocycles. The third-order valence-electron chi connectivity index (χ3n) is 4.05. The van der Waals surface area contributed by atoms with Crippen LogP contribution in [0, 0.1) is 11.8 Å². The maximum atomic E-state index is 11.2. The molecule has 0 radical (unpaired) electrons. The lowest BCUT2D eigenvalue weighted by molar-refractivity contribution is -0.146. The van der Waals surface area contributed by atoms with Crippen molar-refractivity contribution in [2.45, 2.75) is 74.7 Å². The highest BCUT2D eigenvalue weighted by molar-refractivity contribution is 5.72. The second-order valence-electron chi connectivity index (χ2n) is 6.65. The van der Waals surface area contributed by atoms with Crippen molar-refractivity contribution in [2.75, 3.05) is 7.11 Å². The molecule has 0 heterocycles. The first kappa shape index (κ1) is 30.7. The van der Waals surface area contributed by atoms with Crippen molar-refractivity contribution in [2.24, 2.45) is 11.8 Å². The summed E-state index contributed by atoms with van der Waals surface area (Å²) in [7, 11) is 1.46. The van der Waals surface area contributed by atoms with Gasteiger partial charge in [0.1, 0.15) is 5.76 Å². The Kier molecular flexibility index (Phi) is 21.6. The van der Waals surface area contributed by atoms with Gasteiger partial charge in [0.05, 0.1) is 13.0 Å². The Labute approximate surface area is 174 Å². The standard InChI is InChI=1S/C13H18O.C10H20O2.C2H6/c1-6-13(14)9-12(11(4)5)8-7-10(2)3;1-5-8(3)7-9(6-2)10(11)12-4;1-2/h6-9,14H,2,4H2,1,3,5H3;8-9H,5-7H2,1-4H3;1-2H3/b8-7-,12-9-,13-6+;;. The van der Waals surface area contributed by atoms with E-state index in [2.05, 4.69) is 27.0 Å². The second-order valence-corrected chi connectivity index (χ2v) is 6.65. The molecule has 28 heavy (non-hydrogen) atoms. The first-order chi connectivity index (χ1) is 13.1. The summed E-state index contributed by atoms with van der Waals surface area (Å²) in [5.41, 5.74) is 2.79. The number of aliphatic hydroxyl groups excluding tert-OH is 1. The number of rotatable bonds is 9. The van der Waals surface area contributed by atoms with E-state index < -0.39 is 0 Å². The van der Waals surface area contributed by atoms with Crippen LogP contribution in [0.4, 0.5) is 0 Å². The van der Waals surface area contributed by atoms with Gasteiger partial charge in [-0.25, -0.2) is 0 Å². The zero-order valence-corrected chi connectivity index (χ0v) is 19.8. The van der Waals surface area contributed by atoms with Crippen molar-refractivity contribution in [3.05, 3.63) is 59.9 Å². The monoisotopic (exact) mass is 392 g/mol. The van der Waals surface area contributed by atoms with Crippen LogP contribution in [0.25, 0.3) is 0 Å². The largest absolute Gasteiger partial charge is 0.508 e. The van der Waals surface area contributed by atoms with Crippen molar-refractivity contribution >= 4 is 5.97 Å². The van der Waals surface area contributed by atoms with Crippen molar-refractivity contribution in [1.29, 1.82) is 0 Å². The van der Waals surface area contributed by atoms with Crippen LogP contribution in [0.15, 0.2) is 59.9 Å². The molecule has 0 spiro atoms. The van der Waals surface area contributed by atoms with Gasteiger partial charge >= 0.3 is 5.97 Å². The summed E-state index contributed by atoms with van der Waals surface area (Å²) < 4.78 is 4.71. The molecular formula is C25H44O3. The first-order valence-electron chi connectivity index (χ1n) is 10.3. The minimum atomic E-state index is -0.0576. The zero-order chi connectivity index (χ0) is 22.7. The summed E-state index contributed by atoms with van der Waals surface area (Å²) in [4.78, 5) is 11.2. The molecule has 0 saturated carbocycles. The fraction of sp³-hybridized carbons (Fsp3) is 0.560. The number of aliphatic hydroxyl groups is 1. The van der Waals surface area contributed by atoms with Crippen LogP contribution in [0.3, 0.4) is 0 Å². The van der Waals surface area contributed by atoms with Gasteiger partial charge in [-0.1, -0.05) is 77.5 Å². The van der Waals surface area contributed by atoms with E-state index in [1.54, 1.807) is 19.1 Å². The van der Waals surface area contributed by atoms with E-state index in [4.69, 9.17) is 4.74 Å². The van der Waals surface area contributed by atoms with Gasteiger partial charge in [0.15, 0.2) is 0 Å². The van der Waals surface area contributed by atoms with E-state index in [-0.39, 0.29) is 17.6 Å². The number of hydrogen-bond donors (Lipinski definition) is 1. The summed E-state index contributed by atoms with van der Waals surface area (Å²) in [5, 5.41) is 9.33. The average molecular weight is 393 g/mol. The quantitative estimate of drug-likeness (QED) is 0.248. The summed E-state index contributed by atoms with van der Waals surface area (Å²) in [6.45, 7) is 23.6. The van der Waals surface area contributed by atoms with E-state index in [0.29, 0.717) is 5.92 Å². The molecule has 2 unspecified atom stereocenters. The van der Waals surface area contributed by atoms with Crippen LogP contribution in [0.5, 0.6) is 0 Å². The number of allylic oxidation sites excluding steroid dienone is 7. The lowest BCUT2D eigenvalue weighted by atomic mass is 9.92. The molecule has 1 N–H and O–H groups in total. The molecule has 3 heteroatoms. The fourth-order valence-electron chi connectivity index (χ4n) is 2.04. The van der Waals surface area contributed by atoms with Crippen LogP contribution >= 0.6 is 0 Å². The maximum absolute atomic E-state index is 11.2. The second kappa shape index (κ2) is 19.7. The Morgan fingerprint density at radius 2 is 1.64 bits per heavy atom. The highest BCUT2D eigenvalue weighted by Gasteiger charge is 2.18. The molecule has 0 aliphatic carbocycles. The lowest BCUT2D eigenvalue weighted by Gasteiger charge is -2.15. The molecule has 162 valence electrons. The third kappa shape index (κ3) is 17.4. The molecule has 3 nitrogen and oxygen atoms in total. The molecule has 0 aromatic heterocycles. The fourth-order valence-corrected chi connectivity index (χ4v) is 2.04. The Balaban J connectivity index is -0.000000414. The third-order valence-corrected chi connectivity index (χ3v) is 4.05. The molecule has 0 rings (SSSR count). The van der Waals surface area contributed by atoms with Gasteiger partial charge in [0.25, 0.3) is 0 Å². The number of carbonyl (C=O) groups excluding carboxylic acids is 1. The summed E-state index contributed by atoms with van der Waals surface area (Å²) >= 11 is 0. The van der Waals surface area contributed by atoms with Crippen molar-refractivity contribution in [3.63, 3.8) is 0 Å². The van der Waals surface area contributed by atoms with Crippen molar-refractivity contribution in [1.82, 2.24) is 0 Å². The SMILES string of the molecule is C=C(C)\C=C/C(=C/C(O)=C\C)C(=C)C.CC.CCC(C)CC(CC)C(=O)OC. The molecule has 0 aromatic rings. The molecule has 0 saturated heterocycles. The molecule has 0 bridgehead atoms. The Morgan fingerprint density at radius 1 is 1.11 bits per heavy atom. The van der Waals surface area contributed by atoms with Crippen molar-refractivity contribution in [3.8, 4) is 0 Å². The van der Waals surface area contributed by atoms with Crippen LogP contribution in [-0.4, -0.2) is 18.2 Å². The van der Waals surface area contributed by atoms with Crippen LogP contribution in [0.2, 0.25) is 0 Å². The van der Waals surface area contributed by atoms with Gasteiger partial charge in [-0.15, -0.1) is 0 Å². The molecule has 0 aliphatic rings. The van der Waals surface area contributed by atoms with Gasteiger partial charge in [0.2, 0.25) is 0 Å². The highest BCUT2D eigenvalue weighted by Crippen LogP contribution is 2.18.